The minimum atomic E-state index is -0.172. The summed E-state index contributed by atoms with van der Waals surface area (Å²) in [4.78, 5) is 11.8. The van der Waals surface area contributed by atoms with E-state index in [0.29, 0.717) is 26.1 Å². The van der Waals surface area contributed by atoms with Gasteiger partial charge in [-0.25, -0.2) is 0 Å². The van der Waals surface area contributed by atoms with Crippen LogP contribution in [0.5, 0.6) is 0 Å². The Kier molecular flexibility index (Phi) is 6.29. The third kappa shape index (κ3) is 4.97. The Hall–Kier alpha value is -1.39. The van der Waals surface area contributed by atoms with Crippen molar-refractivity contribution in [2.24, 2.45) is 11.7 Å². The Morgan fingerprint density at radius 2 is 2.12 bits per heavy atom. The Morgan fingerprint density at radius 3 is 2.71 bits per heavy atom. The highest BCUT2D eigenvalue weighted by Gasteiger charge is 2.16. The molecule has 0 saturated carbocycles. The quantitative estimate of drug-likeness (QED) is 0.680. The molecular formula is C13H20N2O2. The normalized spacial score (nSPS) is 12.1. The first-order valence-electron chi connectivity index (χ1n) is 5.78. The van der Waals surface area contributed by atoms with Gasteiger partial charge in [0.2, 0.25) is 5.91 Å². The molecule has 0 aliphatic carbocycles. The van der Waals surface area contributed by atoms with Crippen LogP contribution in [0.25, 0.3) is 0 Å². The number of methoxy groups -OCH3 is 1. The number of amides is 1. The maximum absolute atomic E-state index is 11.8. The molecule has 0 spiro atoms. The molecule has 0 aliphatic heterocycles. The number of nitrogens with one attached hydrogen (secondary N) is 1. The topological polar surface area (TPSA) is 64.3 Å². The molecule has 0 radical (unpaired) electrons. The molecule has 0 aliphatic rings. The molecule has 1 aromatic carbocycles. The number of carbonyl (C=O) groups excluding carboxylic acids is 1. The van der Waals surface area contributed by atoms with E-state index >= 15 is 0 Å². The van der Waals surface area contributed by atoms with E-state index in [0.717, 1.165) is 5.56 Å². The summed E-state index contributed by atoms with van der Waals surface area (Å²) < 4.78 is 4.88. The van der Waals surface area contributed by atoms with Gasteiger partial charge in [-0.2, -0.15) is 0 Å². The predicted octanol–water partition coefficient (Wildman–Crippen LogP) is 0.567. The lowest BCUT2D eigenvalue weighted by molar-refractivity contribution is -0.124. The standard InChI is InChI=1S/C13H20N2O2/c1-17-8-7-15-13(16)12(10-14)9-11-5-3-2-4-6-11/h2-6,12H,7-10,14H2,1H3,(H,15,16). The van der Waals surface area contributed by atoms with Crippen molar-refractivity contribution in [2.75, 3.05) is 26.8 Å². The van der Waals surface area contributed by atoms with Gasteiger partial charge in [0.25, 0.3) is 0 Å². The smallest absolute Gasteiger partial charge is 0.224 e. The molecule has 0 bridgehead atoms. The molecule has 1 aromatic rings. The summed E-state index contributed by atoms with van der Waals surface area (Å²) >= 11 is 0. The molecule has 0 aromatic heterocycles. The number of benzene rings is 1. The fourth-order valence-corrected chi connectivity index (χ4v) is 1.60. The first kappa shape index (κ1) is 13.7. The maximum atomic E-state index is 11.8. The third-order valence-electron chi connectivity index (χ3n) is 2.59. The Bertz CT molecular complexity index is 327. The van der Waals surface area contributed by atoms with Crippen LogP contribution in [0.4, 0.5) is 0 Å². The van der Waals surface area contributed by atoms with Gasteiger partial charge >= 0.3 is 0 Å². The van der Waals surface area contributed by atoms with Crippen LogP contribution in [-0.4, -0.2) is 32.7 Å². The van der Waals surface area contributed by atoms with Crippen molar-refractivity contribution in [3.8, 4) is 0 Å². The lowest BCUT2D eigenvalue weighted by atomic mass is 9.98. The summed E-state index contributed by atoms with van der Waals surface area (Å²) in [5, 5.41) is 2.81. The number of hydrogen-bond acceptors (Lipinski definition) is 3. The van der Waals surface area contributed by atoms with Gasteiger partial charge in [0.05, 0.1) is 12.5 Å². The molecule has 0 fully saturated rings. The monoisotopic (exact) mass is 236 g/mol. The second kappa shape index (κ2) is 7.81. The van der Waals surface area contributed by atoms with Gasteiger partial charge < -0.3 is 15.8 Å². The third-order valence-corrected chi connectivity index (χ3v) is 2.59. The van der Waals surface area contributed by atoms with Crippen LogP contribution >= 0.6 is 0 Å². The van der Waals surface area contributed by atoms with Gasteiger partial charge in [0.1, 0.15) is 0 Å². The van der Waals surface area contributed by atoms with E-state index in [9.17, 15) is 4.79 Å². The minimum absolute atomic E-state index is 0.00611. The van der Waals surface area contributed by atoms with Crippen LogP contribution in [-0.2, 0) is 16.0 Å². The van der Waals surface area contributed by atoms with Crippen LogP contribution in [0.3, 0.4) is 0 Å². The predicted molar refractivity (Wildman–Crippen MR) is 67.6 cm³/mol. The Balaban J connectivity index is 2.45. The van der Waals surface area contributed by atoms with Crippen LogP contribution in [0.2, 0.25) is 0 Å². The average molecular weight is 236 g/mol. The van der Waals surface area contributed by atoms with E-state index in [1.807, 2.05) is 30.3 Å². The number of nitrogens with two attached hydrogens (primary N) is 1. The SMILES string of the molecule is COCCNC(=O)C(CN)Cc1ccccc1. The van der Waals surface area contributed by atoms with Crippen LogP contribution in [0.15, 0.2) is 30.3 Å². The molecule has 0 heterocycles. The van der Waals surface area contributed by atoms with Crippen molar-refractivity contribution in [1.82, 2.24) is 5.32 Å². The fraction of sp³-hybridized carbons (Fsp3) is 0.462. The van der Waals surface area contributed by atoms with E-state index in [1.54, 1.807) is 7.11 Å². The molecule has 4 nitrogen and oxygen atoms in total. The second-order valence-corrected chi connectivity index (χ2v) is 3.91. The van der Waals surface area contributed by atoms with E-state index < -0.39 is 0 Å². The summed E-state index contributed by atoms with van der Waals surface area (Å²) in [6.45, 7) is 1.41. The molecule has 1 atom stereocenters. The first-order chi connectivity index (χ1) is 8.27. The maximum Gasteiger partial charge on any atom is 0.224 e. The van der Waals surface area contributed by atoms with Gasteiger partial charge in [0.15, 0.2) is 0 Å². The van der Waals surface area contributed by atoms with Crippen molar-refractivity contribution in [2.45, 2.75) is 6.42 Å². The summed E-state index contributed by atoms with van der Waals surface area (Å²) in [7, 11) is 1.61. The largest absolute Gasteiger partial charge is 0.383 e. The highest BCUT2D eigenvalue weighted by Crippen LogP contribution is 2.07. The van der Waals surface area contributed by atoms with Gasteiger partial charge in [0, 0.05) is 20.2 Å². The van der Waals surface area contributed by atoms with Gasteiger partial charge in [-0.1, -0.05) is 30.3 Å². The summed E-state index contributed by atoms with van der Waals surface area (Å²) in [6.07, 6.45) is 0.677. The summed E-state index contributed by atoms with van der Waals surface area (Å²) in [5.41, 5.74) is 6.76. The zero-order chi connectivity index (χ0) is 12.5. The van der Waals surface area contributed by atoms with E-state index in [-0.39, 0.29) is 11.8 Å². The van der Waals surface area contributed by atoms with Crippen molar-refractivity contribution < 1.29 is 9.53 Å². The van der Waals surface area contributed by atoms with E-state index in [2.05, 4.69) is 5.32 Å². The molecule has 94 valence electrons. The van der Waals surface area contributed by atoms with Gasteiger partial charge in [-0.15, -0.1) is 0 Å². The summed E-state index contributed by atoms with van der Waals surface area (Å²) in [6, 6.07) is 9.90. The zero-order valence-corrected chi connectivity index (χ0v) is 10.2. The van der Waals surface area contributed by atoms with Crippen molar-refractivity contribution >= 4 is 5.91 Å². The van der Waals surface area contributed by atoms with Crippen LogP contribution in [0.1, 0.15) is 5.56 Å². The molecular weight excluding hydrogens is 216 g/mol. The van der Waals surface area contributed by atoms with Crippen molar-refractivity contribution in [3.63, 3.8) is 0 Å². The Labute approximate surface area is 102 Å². The van der Waals surface area contributed by atoms with Gasteiger partial charge in [-0.05, 0) is 12.0 Å². The van der Waals surface area contributed by atoms with Crippen molar-refractivity contribution in [3.05, 3.63) is 35.9 Å². The lowest BCUT2D eigenvalue weighted by Crippen LogP contribution is -2.37. The number of hydrogen-bond donors (Lipinski definition) is 2. The number of ether oxygens (including phenoxy) is 1. The Morgan fingerprint density at radius 1 is 1.41 bits per heavy atom. The van der Waals surface area contributed by atoms with Gasteiger partial charge in [-0.3, -0.25) is 4.79 Å². The highest BCUT2D eigenvalue weighted by atomic mass is 16.5. The molecule has 17 heavy (non-hydrogen) atoms. The van der Waals surface area contributed by atoms with Crippen LogP contribution in [0, 0.1) is 5.92 Å². The lowest BCUT2D eigenvalue weighted by Gasteiger charge is -2.14. The molecule has 4 heteroatoms. The van der Waals surface area contributed by atoms with E-state index in [1.165, 1.54) is 0 Å². The average Bonchev–Trinajstić information content (AvgIpc) is 2.37. The second-order valence-electron chi connectivity index (χ2n) is 3.91. The fourth-order valence-electron chi connectivity index (χ4n) is 1.60. The number of rotatable bonds is 7. The summed E-state index contributed by atoms with van der Waals surface area (Å²) in [5.74, 6) is -0.178. The molecule has 1 amide bonds. The van der Waals surface area contributed by atoms with Crippen molar-refractivity contribution in [1.29, 1.82) is 0 Å². The first-order valence-corrected chi connectivity index (χ1v) is 5.78. The molecule has 1 rings (SSSR count). The van der Waals surface area contributed by atoms with E-state index in [4.69, 9.17) is 10.5 Å². The number of carbonyl (C=O) groups is 1. The minimum Gasteiger partial charge on any atom is -0.383 e. The molecule has 0 saturated heterocycles. The van der Waals surface area contributed by atoms with Crippen LogP contribution < -0.4 is 11.1 Å². The molecule has 3 N–H and O–H groups in total. The molecule has 1 unspecified atom stereocenters. The highest BCUT2D eigenvalue weighted by molar-refractivity contribution is 5.79. The zero-order valence-electron chi connectivity index (χ0n) is 10.2.